The molecule has 0 saturated heterocycles. The van der Waals surface area contributed by atoms with E-state index in [-0.39, 0.29) is 6.79 Å². The average molecular weight is 360 g/mol. The number of fused-ring (bicyclic) bond motifs is 3. The summed E-state index contributed by atoms with van der Waals surface area (Å²) >= 11 is 0. The zero-order chi connectivity index (χ0) is 18.5. The first kappa shape index (κ1) is 15.9. The highest BCUT2D eigenvalue weighted by atomic mass is 16.7. The highest BCUT2D eigenvalue weighted by molar-refractivity contribution is 6.14. The van der Waals surface area contributed by atoms with Crippen LogP contribution in [0.2, 0.25) is 0 Å². The number of nitrogens with zero attached hydrogens (tertiary/aromatic N) is 3. The van der Waals surface area contributed by atoms with Crippen LogP contribution >= 0.6 is 0 Å². The fourth-order valence-electron chi connectivity index (χ4n) is 3.71. The second kappa shape index (κ2) is 5.87. The van der Waals surface area contributed by atoms with Crippen molar-refractivity contribution in [1.29, 1.82) is 0 Å². The zero-order valence-electron chi connectivity index (χ0n) is 15.3. The summed E-state index contributed by atoms with van der Waals surface area (Å²) in [5.74, 6) is 2.47. The van der Waals surface area contributed by atoms with E-state index in [0.717, 1.165) is 63.2 Å². The van der Waals surface area contributed by atoms with Gasteiger partial charge in [0, 0.05) is 23.2 Å². The minimum absolute atomic E-state index is 0.250. The van der Waals surface area contributed by atoms with Gasteiger partial charge < -0.3 is 15.2 Å². The molecule has 0 unspecified atom stereocenters. The van der Waals surface area contributed by atoms with Crippen LogP contribution in [0.3, 0.4) is 0 Å². The molecule has 0 aliphatic carbocycles. The average Bonchev–Trinajstić information content (AvgIpc) is 3.20. The van der Waals surface area contributed by atoms with Crippen molar-refractivity contribution in [3.05, 3.63) is 70.3 Å². The van der Waals surface area contributed by atoms with Gasteiger partial charge in [-0.25, -0.2) is 9.66 Å². The summed E-state index contributed by atoms with van der Waals surface area (Å²) in [6, 6.07) is 11.9. The Labute approximate surface area is 157 Å². The first-order valence-corrected chi connectivity index (χ1v) is 9.09. The van der Waals surface area contributed by atoms with Crippen LogP contribution in [0.15, 0.2) is 41.5 Å². The van der Waals surface area contributed by atoms with Crippen molar-refractivity contribution in [2.75, 3.05) is 12.5 Å². The zero-order valence-corrected chi connectivity index (χ0v) is 15.3. The van der Waals surface area contributed by atoms with Gasteiger partial charge >= 0.3 is 0 Å². The van der Waals surface area contributed by atoms with Crippen molar-refractivity contribution < 1.29 is 9.47 Å². The fraction of sp³-hybridized carbons (Fsp3) is 0.238. The highest BCUT2D eigenvalue weighted by Crippen LogP contribution is 2.37. The first-order chi connectivity index (χ1) is 13.1. The van der Waals surface area contributed by atoms with E-state index in [1.807, 2.05) is 35.0 Å². The molecule has 27 heavy (non-hydrogen) atoms. The van der Waals surface area contributed by atoms with E-state index in [2.05, 4.69) is 19.9 Å². The monoisotopic (exact) mass is 360 g/mol. The van der Waals surface area contributed by atoms with Crippen molar-refractivity contribution in [2.45, 2.75) is 26.7 Å². The van der Waals surface area contributed by atoms with E-state index in [0.29, 0.717) is 6.42 Å². The van der Waals surface area contributed by atoms with Gasteiger partial charge in [0.05, 0.1) is 17.1 Å². The third kappa shape index (κ3) is 2.48. The second-order valence-electron chi connectivity index (χ2n) is 6.84. The number of nitrogens with two attached hydrogens (primary N) is 1. The van der Waals surface area contributed by atoms with Crippen LogP contribution in [0.25, 0.3) is 0 Å². The number of aromatic nitrogens is 2. The Morgan fingerprint density at radius 3 is 2.59 bits per heavy atom. The summed E-state index contributed by atoms with van der Waals surface area (Å²) in [7, 11) is 0. The van der Waals surface area contributed by atoms with Gasteiger partial charge in [-0.05, 0) is 43.2 Å². The number of hydrogen-bond acceptors (Lipinski definition) is 5. The molecular weight excluding hydrogens is 340 g/mol. The lowest BCUT2D eigenvalue weighted by Gasteiger charge is -2.11. The molecule has 0 radical (unpaired) electrons. The molecular formula is C21H20N4O2. The van der Waals surface area contributed by atoms with Crippen LogP contribution in [0.4, 0.5) is 5.69 Å². The number of anilines is 1. The molecule has 0 amide bonds. The third-order valence-corrected chi connectivity index (χ3v) is 5.16. The molecule has 3 aromatic rings. The Morgan fingerprint density at radius 1 is 1.11 bits per heavy atom. The summed E-state index contributed by atoms with van der Waals surface area (Å²) < 4.78 is 13.2. The molecule has 6 heteroatoms. The van der Waals surface area contributed by atoms with Gasteiger partial charge in [0.1, 0.15) is 5.82 Å². The predicted octanol–water partition coefficient (Wildman–Crippen LogP) is 3.27. The van der Waals surface area contributed by atoms with E-state index < -0.39 is 0 Å². The van der Waals surface area contributed by atoms with E-state index >= 15 is 0 Å². The van der Waals surface area contributed by atoms with E-state index in [1.165, 1.54) is 0 Å². The van der Waals surface area contributed by atoms with Crippen LogP contribution in [0.5, 0.6) is 11.5 Å². The summed E-state index contributed by atoms with van der Waals surface area (Å²) in [6.07, 6.45) is 1.57. The molecule has 1 aromatic heterocycles. The SMILES string of the molecule is CCc1nc2n(c1C)N=C(c1ccc(N)cc1)c1cc3c(cc1C2)OCO3. The maximum absolute atomic E-state index is 5.89. The Morgan fingerprint density at radius 2 is 1.85 bits per heavy atom. The molecule has 0 saturated carbocycles. The molecule has 5 rings (SSSR count). The predicted molar refractivity (Wildman–Crippen MR) is 104 cm³/mol. The van der Waals surface area contributed by atoms with Gasteiger partial charge in [-0.2, -0.15) is 5.10 Å². The second-order valence-corrected chi connectivity index (χ2v) is 6.84. The minimum Gasteiger partial charge on any atom is -0.454 e. The van der Waals surface area contributed by atoms with Crippen LogP contribution in [-0.4, -0.2) is 22.2 Å². The number of rotatable bonds is 2. The number of ether oxygens (including phenoxy) is 2. The number of aryl methyl sites for hydroxylation is 1. The van der Waals surface area contributed by atoms with Crippen molar-refractivity contribution in [3.8, 4) is 11.5 Å². The van der Waals surface area contributed by atoms with Gasteiger partial charge in [0.2, 0.25) is 6.79 Å². The lowest BCUT2D eigenvalue weighted by atomic mass is 9.95. The maximum Gasteiger partial charge on any atom is 0.231 e. The smallest absolute Gasteiger partial charge is 0.231 e. The number of nitrogen functional groups attached to an aromatic ring is 1. The van der Waals surface area contributed by atoms with Gasteiger partial charge in [-0.3, -0.25) is 0 Å². The van der Waals surface area contributed by atoms with Crippen LogP contribution in [0, 0.1) is 6.92 Å². The van der Waals surface area contributed by atoms with Crippen LogP contribution in [-0.2, 0) is 12.8 Å². The Hall–Kier alpha value is -3.28. The third-order valence-electron chi connectivity index (χ3n) is 5.16. The van der Waals surface area contributed by atoms with Crippen LogP contribution < -0.4 is 15.2 Å². The summed E-state index contributed by atoms with van der Waals surface area (Å²) in [6.45, 7) is 4.44. The normalized spacial score (nSPS) is 14.4. The number of benzene rings is 2. The quantitative estimate of drug-likeness (QED) is 0.557. The Balaban J connectivity index is 1.78. The lowest BCUT2D eigenvalue weighted by molar-refractivity contribution is 0.174. The maximum atomic E-state index is 5.89. The summed E-state index contributed by atoms with van der Waals surface area (Å²) in [5, 5.41) is 5.01. The fourth-order valence-corrected chi connectivity index (χ4v) is 3.71. The van der Waals surface area contributed by atoms with Crippen LogP contribution in [0.1, 0.15) is 40.8 Å². The highest BCUT2D eigenvalue weighted by Gasteiger charge is 2.26. The number of hydrogen-bond donors (Lipinski definition) is 1. The van der Waals surface area contributed by atoms with Gasteiger partial charge in [0.15, 0.2) is 11.5 Å². The molecule has 3 heterocycles. The van der Waals surface area contributed by atoms with E-state index in [1.54, 1.807) is 0 Å². The van der Waals surface area contributed by atoms with E-state index in [4.69, 9.17) is 25.3 Å². The molecule has 0 fully saturated rings. The topological polar surface area (TPSA) is 74.7 Å². The molecule has 2 aliphatic rings. The molecule has 6 nitrogen and oxygen atoms in total. The summed E-state index contributed by atoms with van der Waals surface area (Å²) in [4.78, 5) is 4.83. The van der Waals surface area contributed by atoms with Gasteiger partial charge in [-0.1, -0.05) is 19.1 Å². The van der Waals surface area contributed by atoms with Crippen molar-refractivity contribution >= 4 is 11.4 Å². The van der Waals surface area contributed by atoms with E-state index in [9.17, 15) is 0 Å². The lowest BCUT2D eigenvalue weighted by Crippen LogP contribution is -2.08. The largest absolute Gasteiger partial charge is 0.454 e. The van der Waals surface area contributed by atoms with Crippen molar-refractivity contribution in [2.24, 2.45) is 5.10 Å². The number of imidazole rings is 1. The van der Waals surface area contributed by atoms with Crippen molar-refractivity contribution in [1.82, 2.24) is 9.66 Å². The molecule has 2 aromatic carbocycles. The first-order valence-electron chi connectivity index (χ1n) is 9.09. The summed E-state index contributed by atoms with van der Waals surface area (Å²) in [5.41, 5.74) is 12.8. The molecule has 2 aliphatic heterocycles. The molecule has 0 spiro atoms. The standard InChI is InChI=1S/C21H20N4O2/c1-3-17-12(2)25-20(23-17)9-14-8-18-19(27-11-26-18)10-16(14)21(24-25)13-4-6-15(22)7-5-13/h4-8,10H,3,9,11,22H2,1-2H3. The van der Waals surface area contributed by atoms with Crippen molar-refractivity contribution in [3.63, 3.8) is 0 Å². The molecule has 2 N–H and O–H groups in total. The Bertz CT molecular complexity index is 1080. The van der Waals surface area contributed by atoms with Gasteiger partial charge in [0.25, 0.3) is 0 Å². The minimum atomic E-state index is 0.250. The van der Waals surface area contributed by atoms with Gasteiger partial charge in [-0.15, -0.1) is 0 Å². The molecule has 0 bridgehead atoms. The molecule has 0 atom stereocenters. The molecule has 136 valence electrons. The Kier molecular flexibility index (Phi) is 3.47.